The molecule has 0 bridgehead atoms. The maximum Gasteiger partial charge on any atom is 0.257 e. The smallest absolute Gasteiger partial charge is 0.257 e. The summed E-state index contributed by atoms with van der Waals surface area (Å²) in [6.45, 7) is 4.11. The van der Waals surface area contributed by atoms with Crippen molar-refractivity contribution in [2.45, 2.75) is 45.1 Å². The van der Waals surface area contributed by atoms with Crippen LogP contribution in [0.2, 0.25) is 0 Å². The molecule has 1 amide bonds. The average molecular weight is 515 g/mol. The lowest BCUT2D eigenvalue weighted by molar-refractivity contribution is 0.102. The van der Waals surface area contributed by atoms with Crippen LogP contribution in [0.4, 0.5) is 22.7 Å². The van der Waals surface area contributed by atoms with Crippen molar-refractivity contribution in [2.24, 2.45) is 5.41 Å². The zero-order chi connectivity index (χ0) is 24.6. The molecule has 2 aromatic carbocycles. The summed E-state index contributed by atoms with van der Waals surface area (Å²) in [5.41, 5.74) is 5.87. The van der Waals surface area contributed by atoms with Crippen LogP contribution < -0.4 is 19.2 Å². The summed E-state index contributed by atoms with van der Waals surface area (Å²) in [4.78, 5) is 15.8. The minimum absolute atomic E-state index is 0.113. The third-order valence-corrected chi connectivity index (χ3v) is 9.40. The van der Waals surface area contributed by atoms with Gasteiger partial charge in [-0.05, 0) is 80.3 Å². The van der Waals surface area contributed by atoms with Gasteiger partial charge in [0.1, 0.15) is 11.0 Å². The number of nitrogens with zero attached hydrogens (tertiary/aromatic N) is 2. The molecule has 2 heterocycles. The summed E-state index contributed by atoms with van der Waals surface area (Å²) in [5.74, 6) is 0.455. The number of hydrogen-bond acceptors (Lipinski definition) is 6. The first-order valence-corrected chi connectivity index (χ1v) is 14.8. The highest BCUT2D eigenvalue weighted by atomic mass is 32.2. The lowest BCUT2D eigenvalue weighted by Gasteiger charge is -2.35. The van der Waals surface area contributed by atoms with Gasteiger partial charge in [0.05, 0.1) is 23.5 Å². The molecule has 5 rings (SSSR count). The summed E-state index contributed by atoms with van der Waals surface area (Å²) in [6, 6.07) is 11.9. The lowest BCUT2D eigenvalue weighted by Crippen LogP contribution is -2.35. The molecule has 1 saturated heterocycles. The number of nitrogens with one attached hydrogen (secondary N) is 2. The Kier molecular flexibility index (Phi) is 7.01. The van der Waals surface area contributed by atoms with E-state index in [2.05, 4.69) is 27.9 Å². The van der Waals surface area contributed by atoms with Gasteiger partial charge in [-0.3, -0.25) is 9.10 Å². The molecule has 0 aromatic heterocycles. The van der Waals surface area contributed by atoms with Gasteiger partial charge in [-0.15, -0.1) is 0 Å². The van der Waals surface area contributed by atoms with Crippen molar-refractivity contribution in [3.63, 3.8) is 0 Å². The SMILES string of the molecule is CC1Cc2ccc(NC(=O)c3ccc(NSCCO)cc3N3CCC4(CC3)CC4)cc2N1S(C)=O. The summed E-state index contributed by atoms with van der Waals surface area (Å²) < 4.78 is 17.5. The number of anilines is 4. The van der Waals surface area contributed by atoms with Gasteiger partial charge < -0.3 is 20.0 Å². The van der Waals surface area contributed by atoms with E-state index >= 15 is 0 Å². The van der Waals surface area contributed by atoms with E-state index in [1.807, 2.05) is 34.6 Å². The number of rotatable bonds is 8. The quantitative estimate of drug-likeness (QED) is 0.357. The van der Waals surface area contributed by atoms with Crippen molar-refractivity contribution in [2.75, 3.05) is 50.9 Å². The first-order chi connectivity index (χ1) is 16.9. The maximum atomic E-state index is 13.5. The van der Waals surface area contributed by atoms with Crippen molar-refractivity contribution in [1.82, 2.24) is 0 Å². The monoisotopic (exact) mass is 514 g/mol. The van der Waals surface area contributed by atoms with Crippen LogP contribution in [0.1, 0.15) is 48.5 Å². The Morgan fingerprint density at radius 3 is 2.51 bits per heavy atom. The Balaban J connectivity index is 1.38. The van der Waals surface area contributed by atoms with Crippen LogP contribution in [0.25, 0.3) is 0 Å². The van der Waals surface area contributed by atoms with E-state index in [9.17, 15) is 9.00 Å². The number of aliphatic hydroxyl groups is 1. The summed E-state index contributed by atoms with van der Waals surface area (Å²) in [5, 5.41) is 12.2. The highest BCUT2D eigenvalue weighted by Gasteiger charge is 2.44. The Bertz CT molecular complexity index is 1130. The Labute approximate surface area is 214 Å². The minimum Gasteiger partial charge on any atom is -0.395 e. The predicted octanol–water partition coefficient (Wildman–Crippen LogP) is 4.42. The van der Waals surface area contributed by atoms with Crippen molar-refractivity contribution in [3.05, 3.63) is 47.5 Å². The first kappa shape index (κ1) is 24.5. The van der Waals surface area contributed by atoms with E-state index in [0.717, 1.165) is 42.1 Å². The number of amides is 1. The van der Waals surface area contributed by atoms with Gasteiger partial charge in [0.15, 0.2) is 0 Å². The fraction of sp³-hybridized carbons (Fsp3) is 0.500. The lowest BCUT2D eigenvalue weighted by atomic mass is 9.93. The van der Waals surface area contributed by atoms with Crippen molar-refractivity contribution >= 4 is 51.6 Å². The predicted molar refractivity (Wildman–Crippen MR) is 147 cm³/mol. The fourth-order valence-electron chi connectivity index (χ4n) is 5.38. The second-order valence-electron chi connectivity index (χ2n) is 9.99. The van der Waals surface area contributed by atoms with Gasteiger partial charge in [0.2, 0.25) is 0 Å². The van der Waals surface area contributed by atoms with Gasteiger partial charge in [0.25, 0.3) is 5.91 Å². The van der Waals surface area contributed by atoms with Crippen LogP contribution in [0.5, 0.6) is 0 Å². The highest BCUT2D eigenvalue weighted by Crippen LogP contribution is 2.54. The number of benzene rings is 2. The maximum absolute atomic E-state index is 13.5. The molecule has 2 fully saturated rings. The molecule has 9 heteroatoms. The van der Waals surface area contributed by atoms with Gasteiger partial charge >= 0.3 is 0 Å². The molecule has 3 aliphatic rings. The number of aliphatic hydroxyl groups excluding tert-OH is 1. The van der Waals surface area contributed by atoms with Crippen LogP contribution in [-0.2, 0) is 17.4 Å². The number of fused-ring (bicyclic) bond motifs is 1. The molecule has 7 nitrogen and oxygen atoms in total. The van der Waals surface area contributed by atoms with Crippen molar-refractivity contribution in [3.8, 4) is 0 Å². The molecular formula is C26H34N4O3S2. The summed E-state index contributed by atoms with van der Waals surface area (Å²) in [6.07, 6.45) is 7.58. The zero-order valence-corrected chi connectivity index (χ0v) is 22.0. The Morgan fingerprint density at radius 2 is 1.83 bits per heavy atom. The molecule has 1 saturated carbocycles. The van der Waals surface area contributed by atoms with E-state index < -0.39 is 11.0 Å². The summed E-state index contributed by atoms with van der Waals surface area (Å²) in [7, 11) is -1.11. The molecule has 1 aliphatic carbocycles. The molecule has 35 heavy (non-hydrogen) atoms. The van der Waals surface area contributed by atoms with Gasteiger partial charge in [-0.25, -0.2) is 4.21 Å². The van der Waals surface area contributed by atoms with Crippen molar-refractivity contribution < 1.29 is 14.1 Å². The van der Waals surface area contributed by atoms with Crippen LogP contribution in [0.3, 0.4) is 0 Å². The molecule has 3 N–H and O–H groups in total. The molecule has 2 aromatic rings. The molecule has 188 valence electrons. The van der Waals surface area contributed by atoms with E-state index in [-0.39, 0.29) is 18.6 Å². The average Bonchev–Trinajstić information content (AvgIpc) is 3.50. The van der Waals surface area contributed by atoms with Crippen LogP contribution in [0, 0.1) is 5.41 Å². The molecule has 2 aliphatic heterocycles. The molecule has 2 atom stereocenters. The Hall–Kier alpha value is -2.23. The topological polar surface area (TPSA) is 84.9 Å². The number of hydrogen-bond donors (Lipinski definition) is 3. The normalized spacial score (nSPS) is 21.1. The molecular weight excluding hydrogens is 480 g/mol. The van der Waals surface area contributed by atoms with E-state index in [4.69, 9.17) is 5.11 Å². The molecule has 1 spiro atoms. The number of piperidine rings is 1. The highest BCUT2D eigenvalue weighted by molar-refractivity contribution is 8.00. The zero-order valence-electron chi connectivity index (χ0n) is 20.4. The van der Waals surface area contributed by atoms with Crippen LogP contribution in [-0.4, -0.2) is 53.0 Å². The van der Waals surface area contributed by atoms with Crippen LogP contribution >= 0.6 is 11.9 Å². The number of carbonyl (C=O) groups is 1. The van der Waals surface area contributed by atoms with Crippen molar-refractivity contribution in [1.29, 1.82) is 0 Å². The van der Waals surface area contributed by atoms with E-state index in [0.29, 0.717) is 22.4 Å². The third kappa shape index (κ3) is 5.17. The molecule has 2 unspecified atom stereocenters. The van der Waals surface area contributed by atoms with E-state index in [1.54, 1.807) is 6.26 Å². The molecule has 0 radical (unpaired) electrons. The van der Waals surface area contributed by atoms with Gasteiger partial charge in [0, 0.05) is 42.5 Å². The standard InChI is InChI=1S/C26H34N4O3S2/c1-18-15-19-3-4-20(16-23(19)30(18)35(2)33)27-25(32)22-6-5-21(28-34-14-13-31)17-24(22)29-11-9-26(7-8-26)10-12-29/h3-6,16-18,28,31H,7-15H2,1-2H3,(H,27,32). The van der Waals surface area contributed by atoms with Gasteiger partial charge in [-0.2, -0.15) is 0 Å². The first-order valence-electron chi connectivity index (χ1n) is 12.3. The minimum atomic E-state index is -1.11. The van der Waals surface area contributed by atoms with E-state index in [1.165, 1.54) is 37.6 Å². The Morgan fingerprint density at radius 1 is 1.11 bits per heavy atom. The number of carbonyl (C=O) groups excluding carboxylic acids is 1. The third-order valence-electron chi connectivity index (χ3n) is 7.52. The largest absolute Gasteiger partial charge is 0.395 e. The second kappa shape index (κ2) is 10.0. The fourth-order valence-corrected chi connectivity index (χ4v) is 6.89. The van der Waals surface area contributed by atoms with Crippen LogP contribution in [0.15, 0.2) is 36.4 Å². The van der Waals surface area contributed by atoms with Gasteiger partial charge in [-0.1, -0.05) is 18.0 Å². The second-order valence-corrected chi connectivity index (χ2v) is 12.1. The summed E-state index contributed by atoms with van der Waals surface area (Å²) >= 11 is 1.45.